The van der Waals surface area contributed by atoms with Crippen molar-refractivity contribution in [2.24, 2.45) is 0 Å². The number of nitrogens with zero attached hydrogens (tertiary/aromatic N) is 2. The van der Waals surface area contributed by atoms with Crippen molar-refractivity contribution in [3.05, 3.63) is 30.1 Å². The maximum atomic E-state index is 13.2. The number of ketones is 1. The number of aromatic nitrogens is 3. The molecule has 0 spiro atoms. The molecule has 1 aromatic carbocycles. The molecule has 2 aromatic heterocycles. The number of hydrogen-bond donors (Lipinski definition) is 2. The van der Waals surface area contributed by atoms with Crippen LogP contribution in [-0.2, 0) is 0 Å². The molecule has 3 aromatic rings. The van der Waals surface area contributed by atoms with Gasteiger partial charge in [0, 0.05) is 11.8 Å². The molecule has 1 aliphatic rings. The summed E-state index contributed by atoms with van der Waals surface area (Å²) < 4.78 is 16.3. The van der Waals surface area contributed by atoms with Crippen molar-refractivity contribution < 1.29 is 19.0 Å². The Kier molecular flexibility index (Phi) is 4.87. The molecule has 0 bridgehead atoms. The minimum Gasteiger partial charge on any atom is -0.493 e. The molecule has 2 N–H and O–H groups in total. The van der Waals surface area contributed by atoms with Gasteiger partial charge in [-0.15, -0.1) is 0 Å². The highest BCUT2D eigenvalue weighted by molar-refractivity contribution is 6.10. The first-order valence-electron chi connectivity index (χ1n) is 9.45. The van der Waals surface area contributed by atoms with Crippen LogP contribution in [0.15, 0.2) is 24.5 Å². The van der Waals surface area contributed by atoms with Crippen LogP contribution in [0.25, 0.3) is 22.4 Å². The first-order valence-corrected chi connectivity index (χ1v) is 9.45. The van der Waals surface area contributed by atoms with Crippen molar-refractivity contribution in [1.82, 2.24) is 20.3 Å². The molecule has 29 heavy (non-hydrogen) atoms. The lowest BCUT2D eigenvalue weighted by molar-refractivity contribution is 0.0886. The molecule has 3 heterocycles. The van der Waals surface area contributed by atoms with Crippen LogP contribution in [0.4, 0.5) is 0 Å². The maximum absolute atomic E-state index is 13.2. The normalized spacial score (nSPS) is 18.8. The van der Waals surface area contributed by atoms with Gasteiger partial charge in [0.05, 0.1) is 44.3 Å². The number of hydrogen-bond acceptors (Lipinski definition) is 7. The van der Waals surface area contributed by atoms with Crippen molar-refractivity contribution in [2.75, 3.05) is 27.9 Å². The van der Waals surface area contributed by atoms with E-state index in [9.17, 15) is 4.79 Å². The van der Waals surface area contributed by atoms with E-state index in [-0.39, 0.29) is 5.78 Å². The number of ether oxygens (including phenoxy) is 3. The van der Waals surface area contributed by atoms with Crippen LogP contribution in [0, 0.1) is 0 Å². The maximum Gasteiger partial charge on any atom is 0.203 e. The van der Waals surface area contributed by atoms with Crippen LogP contribution < -0.4 is 19.5 Å². The Morgan fingerprint density at radius 3 is 2.45 bits per heavy atom. The van der Waals surface area contributed by atoms with E-state index in [2.05, 4.69) is 15.3 Å². The molecular formula is C21H24N4O4. The minimum absolute atomic E-state index is 0.0255. The Hall–Kier alpha value is -3.13. The lowest BCUT2D eigenvalue weighted by atomic mass is 9.90. The zero-order chi connectivity index (χ0) is 20.6. The fourth-order valence-electron chi connectivity index (χ4n) is 3.82. The lowest BCUT2D eigenvalue weighted by Crippen LogP contribution is -2.44. The van der Waals surface area contributed by atoms with E-state index in [0.717, 1.165) is 24.9 Å². The van der Waals surface area contributed by atoms with E-state index in [0.29, 0.717) is 39.7 Å². The van der Waals surface area contributed by atoms with Crippen LogP contribution in [0.5, 0.6) is 17.2 Å². The van der Waals surface area contributed by atoms with Crippen molar-refractivity contribution in [3.8, 4) is 28.5 Å². The fraction of sp³-hybridized carbons (Fsp3) is 0.381. The molecule has 1 unspecified atom stereocenters. The van der Waals surface area contributed by atoms with E-state index < -0.39 is 5.54 Å². The minimum atomic E-state index is -0.570. The van der Waals surface area contributed by atoms with E-state index in [1.165, 1.54) is 0 Å². The number of rotatable bonds is 6. The molecule has 8 nitrogen and oxygen atoms in total. The number of fused-ring (bicyclic) bond motifs is 1. The first-order chi connectivity index (χ1) is 14.0. The third kappa shape index (κ3) is 3.19. The van der Waals surface area contributed by atoms with Crippen molar-refractivity contribution in [1.29, 1.82) is 0 Å². The quantitative estimate of drug-likeness (QED) is 0.618. The van der Waals surface area contributed by atoms with Crippen LogP contribution in [0.1, 0.15) is 30.1 Å². The first kappa shape index (κ1) is 19.2. The van der Waals surface area contributed by atoms with Crippen LogP contribution in [0.3, 0.4) is 0 Å². The number of H-pyrrole nitrogens is 1. The van der Waals surface area contributed by atoms with Gasteiger partial charge in [0.15, 0.2) is 22.9 Å². The largest absolute Gasteiger partial charge is 0.493 e. The highest BCUT2D eigenvalue weighted by Crippen LogP contribution is 2.41. The Morgan fingerprint density at radius 1 is 1.14 bits per heavy atom. The van der Waals surface area contributed by atoms with E-state index in [1.54, 1.807) is 33.7 Å². The van der Waals surface area contributed by atoms with Crippen molar-refractivity contribution >= 4 is 16.9 Å². The average molecular weight is 396 g/mol. The van der Waals surface area contributed by atoms with E-state index in [1.807, 2.05) is 19.1 Å². The number of methoxy groups -OCH3 is 3. The number of carbonyl (C=O) groups is 1. The van der Waals surface area contributed by atoms with Gasteiger partial charge in [-0.3, -0.25) is 4.79 Å². The number of carbonyl (C=O) groups excluding carboxylic acids is 1. The van der Waals surface area contributed by atoms with Crippen molar-refractivity contribution in [2.45, 2.75) is 25.3 Å². The van der Waals surface area contributed by atoms with E-state index >= 15 is 0 Å². The van der Waals surface area contributed by atoms with Gasteiger partial charge < -0.3 is 24.5 Å². The number of Topliss-reactive ketones (excluding diaryl/α,β-unsaturated/α-hetero) is 1. The van der Waals surface area contributed by atoms with Gasteiger partial charge in [-0.25, -0.2) is 9.97 Å². The second-order valence-corrected chi connectivity index (χ2v) is 7.26. The number of benzene rings is 1. The van der Waals surface area contributed by atoms with Gasteiger partial charge >= 0.3 is 0 Å². The summed E-state index contributed by atoms with van der Waals surface area (Å²) in [6.45, 7) is 2.78. The summed E-state index contributed by atoms with van der Waals surface area (Å²) in [6.07, 6.45) is 5.13. The Balaban J connectivity index is 1.81. The molecule has 1 atom stereocenters. The summed E-state index contributed by atoms with van der Waals surface area (Å²) in [5.41, 5.74) is 2.45. The van der Waals surface area contributed by atoms with Gasteiger partial charge in [0.2, 0.25) is 5.75 Å². The molecule has 0 amide bonds. The highest BCUT2D eigenvalue weighted by Gasteiger charge is 2.37. The van der Waals surface area contributed by atoms with Crippen molar-refractivity contribution in [3.63, 3.8) is 0 Å². The van der Waals surface area contributed by atoms with Gasteiger partial charge in [0.1, 0.15) is 5.52 Å². The van der Waals surface area contributed by atoms with Crippen LogP contribution in [-0.4, -0.2) is 54.1 Å². The zero-order valence-corrected chi connectivity index (χ0v) is 17.0. The molecule has 1 fully saturated rings. The second-order valence-electron chi connectivity index (χ2n) is 7.26. The molecule has 8 heteroatoms. The topological polar surface area (TPSA) is 98.4 Å². The standard InChI is InChI=1S/C21H24N4O4/c1-21(6-5-7-24-21)19(26)13-10-22-20-17(13)25-14(11-23-20)12-8-15(27-2)18(29-4)16(9-12)28-3/h8-11,24H,5-7H2,1-4H3,(H,22,23). The number of aromatic amines is 1. The smallest absolute Gasteiger partial charge is 0.203 e. The molecular weight excluding hydrogens is 372 g/mol. The van der Waals surface area contributed by atoms with Gasteiger partial charge in [-0.2, -0.15) is 0 Å². The molecule has 152 valence electrons. The third-order valence-corrected chi connectivity index (χ3v) is 5.46. The summed E-state index contributed by atoms with van der Waals surface area (Å²) in [7, 11) is 4.68. The SMILES string of the molecule is COc1cc(-c2cnc3[nH]cc(C(=O)C4(C)CCCN4)c3n2)cc(OC)c1OC. The molecule has 4 rings (SSSR count). The Bertz CT molecular complexity index is 1040. The van der Waals surface area contributed by atoms with Gasteiger partial charge in [0.25, 0.3) is 0 Å². The van der Waals surface area contributed by atoms with E-state index in [4.69, 9.17) is 19.2 Å². The number of nitrogens with one attached hydrogen (secondary N) is 2. The predicted molar refractivity (Wildman–Crippen MR) is 109 cm³/mol. The zero-order valence-electron chi connectivity index (χ0n) is 17.0. The summed E-state index contributed by atoms with van der Waals surface area (Å²) in [5, 5.41) is 3.32. The molecule has 0 saturated carbocycles. The molecule has 0 radical (unpaired) electrons. The highest BCUT2D eigenvalue weighted by atomic mass is 16.5. The molecule has 1 aliphatic heterocycles. The monoisotopic (exact) mass is 396 g/mol. The van der Waals surface area contributed by atoms with Crippen LogP contribution >= 0.6 is 0 Å². The van der Waals surface area contributed by atoms with Gasteiger partial charge in [-0.05, 0) is 38.4 Å². The Morgan fingerprint density at radius 2 is 1.86 bits per heavy atom. The lowest BCUT2D eigenvalue weighted by Gasteiger charge is -2.21. The molecule has 1 saturated heterocycles. The Labute approximate surface area is 168 Å². The second kappa shape index (κ2) is 7.36. The summed E-state index contributed by atoms with van der Waals surface area (Å²) >= 11 is 0. The van der Waals surface area contributed by atoms with Crippen LogP contribution in [0.2, 0.25) is 0 Å². The summed E-state index contributed by atoms with van der Waals surface area (Å²) in [4.78, 5) is 25.4. The third-order valence-electron chi connectivity index (χ3n) is 5.46. The summed E-state index contributed by atoms with van der Waals surface area (Å²) in [6, 6.07) is 3.62. The molecule has 0 aliphatic carbocycles. The fourth-order valence-corrected chi connectivity index (χ4v) is 3.82. The average Bonchev–Trinajstić information content (AvgIpc) is 3.38. The van der Waals surface area contributed by atoms with Gasteiger partial charge in [-0.1, -0.05) is 0 Å². The predicted octanol–water partition coefficient (Wildman–Crippen LogP) is 2.98. The summed E-state index contributed by atoms with van der Waals surface area (Å²) in [5.74, 6) is 1.58.